The SMILES string of the molecule is CN(CCC(=O)N1CCNCC1)Cc1ccc(Cl)cc1. The van der Waals surface area contributed by atoms with Crippen LogP contribution in [0, 0.1) is 0 Å². The summed E-state index contributed by atoms with van der Waals surface area (Å²) in [6.07, 6.45) is 0.587. The number of hydrogen-bond donors (Lipinski definition) is 1. The molecule has 20 heavy (non-hydrogen) atoms. The summed E-state index contributed by atoms with van der Waals surface area (Å²) in [5.41, 5.74) is 1.21. The smallest absolute Gasteiger partial charge is 0.223 e. The number of rotatable bonds is 5. The first kappa shape index (κ1) is 15.3. The van der Waals surface area contributed by atoms with E-state index < -0.39 is 0 Å². The van der Waals surface area contributed by atoms with Gasteiger partial charge in [-0.1, -0.05) is 23.7 Å². The van der Waals surface area contributed by atoms with Gasteiger partial charge in [-0.05, 0) is 24.7 Å². The molecule has 0 aromatic heterocycles. The van der Waals surface area contributed by atoms with Gasteiger partial charge in [0, 0.05) is 50.7 Å². The van der Waals surface area contributed by atoms with Crippen molar-refractivity contribution in [1.29, 1.82) is 0 Å². The van der Waals surface area contributed by atoms with Crippen molar-refractivity contribution in [2.24, 2.45) is 0 Å². The molecule has 2 rings (SSSR count). The van der Waals surface area contributed by atoms with E-state index in [1.165, 1.54) is 5.56 Å². The third-order valence-electron chi connectivity index (χ3n) is 3.54. The standard InChI is InChI=1S/C15H22ClN3O/c1-18(12-13-2-4-14(16)5-3-13)9-6-15(20)19-10-7-17-8-11-19/h2-5,17H,6-12H2,1H3. The van der Waals surface area contributed by atoms with Gasteiger partial charge in [-0.3, -0.25) is 4.79 Å². The maximum absolute atomic E-state index is 12.1. The number of benzene rings is 1. The van der Waals surface area contributed by atoms with Gasteiger partial charge in [0.1, 0.15) is 0 Å². The highest BCUT2D eigenvalue weighted by atomic mass is 35.5. The molecule has 1 fully saturated rings. The van der Waals surface area contributed by atoms with E-state index in [9.17, 15) is 4.79 Å². The van der Waals surface area contributed by atoms with Crippen LogP contribution in [0.25, 0.3) is 0 Å². The van der Waals surface area contributed by atoms with Crippen molar-refractivity contribution in [2.45, 2.75) is 13.0 Å². The molecule has 1 aliphatic heterocycles. The average Bonchev–Trinajstić information content (AvgIpc) is 2.48. The number of nitrogens with one attached hydrogen (secondary N) is 1. The second-order valence-corrected chi connectivity index (χ2v) is 5.68. The van der Waals surface area contributed by atoms with Gasteiger partial charge in [0.25, 0.3) is 0 Å². The number of piperazine rings is 1. The van der Waals surface area contributed by atoms with Crippen molar-refractivity contribution in [1.82, 2.24) is 15.1 Å². The molecule has 4 nitrogen and oxygen atoms in total. The highest BCUT2D eigenvalue weighted by Crippen LogP contribution is 2.11. The maximum atomic E-state index is 12.1. The first-order valence-corrected chi connectivity index (χ1v) is 7.44. The molecule has 0 spiro atoms. The van der Waals surface area contributed by atoms with Crippen LogP contribution in [-0.4, -0.2) is 55.5 Å². The normalized spacial score (nSPS) is 15.7. The molecule has 1 aliphatic rings. The Morgan fingerprint density at radius 1 is 1.30 bits per heavy atom. The predicted octanol–water partition coefficient (Wildman–Crippen LogP) is 1.59. The molecular weight excluding hydrogens is 274 g/mol. The van der Waals surface area contributed by atoms with Crippen molar-refractivity contribution in [3.8, 4) is 0 Å². The predicted molar refractivity (Wildman–Crippen MR) is 81.9 cm³/mol. The maximum Gasteiger partial charge on any atom is 0.223 e. The van der Waals surface area contributed by atoms with E-state index in [4.69, 9.17) is 11.6 Å². The molecule has 0 aliphatic carbocycles. The van der Waals surface area contributed by atoms with Crippen molar-refractivity contribution >= 4 is 17.5 Å². The minimum Gasteiger partial charge on any atom is -0.340 e. The van der Waals surface area contributed by atoms with E-state index in [0.717, 1.165) is 44.3 Å². The zero-order valence-electron chi connectivity index (χ0n) is 11.9. The van der Waals surface area contributed by atoms with Crippen LogP contribution in [0.15, 0.2) is 24.3 Å². The lowest BCUT2D eigenvalue weighted by molar-refractivity contribution is -0.132. The molecule has 0 atom stereocenters. The van der Waals surface area contributed by atoms with Gasteiger partial charge in [-0.15, -0.1) is 0 Å². The number of carbonyl (C=O) groups excluding carboxylic acids is 1. The van der Waals surface area contributed by atoms with Crippen LogP contribution in [0.4, 0.5) is 0 Å². The zero-order valence-corrected chi connectivity index (χ0v) is 12.7. The quantitative estimate of drug-likeness (QED) is 0.896. The molecule has 0 saturated carbocycles. The van der Waals surface area contributed by atoms with E-state index >= 15 is 0 Å². The molecule has 110 valence electrons. The van der Waals surface area contributed by atoms with Gasteiger partial charge >= 0.3 is 0 Å². The van der Waals surface area contributed by atoms with Crippen molar-refractivity contribution < 1.29 is 4.79 Å². The molecule has 0 bridgehead atoms. The third kappa shape index (κ3) is 4.78. The molecule has 0 radical (unpaired) electrons. The van der Waals surface area contributed by atoms with Gasteiger partial charge in [-0.2, -0.15) is 0 Å². The van der Waals surface area contributed by atoms with Gasteiger partial charge in [0.15, 0.2) is 0 Å². The van der Waals surface area contributed by atoms with E-state index in [2.05, 4.69) is 10.2 Å². The average molecular weight is 296 g/mol. The van der Waals surface area contributed by atoms with E-state index in [-0.39, 0.29) is 5.91 Å². The minimum absolute atomic E-state index is 0.259. The summed E-state index contributed by atoms with van der Waals surface area (Å²) in [5, 5.41) is 4.01. The minimum atomic E-state index is 0.259. The lowest BCUT2D eigenvalue weighted by atomic mass is 10.2. The first-order valence-electron chi connectivity index (χ1n) is 7.06. The largest absolute Gasteiger partial charge is 0.340 e. The molecule has 1 saturated heterocycles. The molecule has 1 amide bonds. The number of hydrogen-bond acceptors (Lipinski definition) is 3. The Bertz CT molecular complexity index is 429. The molecule has 0 unspecified atom stereocenters. The van der Waals surface area contributed by atoms with Gasteiger partial charge in [0.05, 0.1) is 0 Å². The number of nitrogens with zero attached hydrogens (tertiary/aromatic N) is 2. The Balaban J connectivity index is 1.72. The van der Waals surface area contributed by atoms with E-state index in [0.29, 0.717) is 6.42 Å². The molecule has 1 N–H and O–H groups in total. The van der Waals surface area contributed by atoms with Crippen molar-refractivity contribution in [3.63, 3.8) is 0 Å². The van der Waals surface area contributed by atoms with E-state index in [1.54, 1.807) is 0 Å². The van der Waals surface area contributed by atoms with Crippen molar-refractivity contribution in [2.75, 3.05) is 39.8 Å². The third-order valence-corrected chi connectivity index (χ3v) is 3.79. The summed E-state index contributed by atoms with van der Waals surface area (Å²) in [6.45, 7) is 5.11. The zero-order chi connectivity index (χ0) is 14.4. The Morgan fingerprint density at radius 3 is 2.60 bits per heavy atom. The lowest BCUT2D eigenvalue weighted by Crippen LogP contribution is -2.47. The Morgan fingerprint density at radius 2 is 1.95 bits per heavy atom. The van der Waals surface area contributed by atoms with Crippen LogP contribution in [0.3, 0.4) is 0 Å². The van der Waals surface area contributed by atoms with Crippen LogP contribution in [-0.2, 0) is 11.3 Å². The van der Waals surface area contributed by atoms with Crippen LogP contribution >= 0.6 is 11.6 Å². The topological polar surface area (TPSA) is 35.6 Å². The van der Waals surface area contributed by atoms with Crippen molar-refractivity contribution in [3.05, 3.63) is 34.9 Å². The summed E-state index contributed by atoms with van der Waals surface area (Å²) in [6, 6.07) is 7.85. The molecule has 1 aromatic carbocycles. The van der Waals surface area contributed by atoms with Crippen LogP contribution < -0.4 is 5.32 Å². The summed E-state index contributed by atoms with van der Waals surface area (Å²) < 4.78 is 0. The highest BCUT2D eigenvalue weighted by molar-refractivity contribution is 6.30. The molecule has 1 aromatic rings. The fourth-order valence-corrected chi connectivity index (χ4v) is 2.47. The second kappa shape index (κ2) is 7.62. The highest BCUT2D eigenvalue weighted by Gasteiger charge is 2.16. The van der Waals surface area contributed by atoms with E-state index in [1.807, 2.05) is 36.2 Å². The Labute approximate surface area is 125 Å². The molecule has 5 heteroatoms. The molecular formula is C15H22ClN3O. The number of amides is 1. The van der Waals surface area contributed by atoms with Gasteiger partial charge < -0.3 is 15.1 Å². The van der Waals surface area contributed by atoms with Gasteiger partial charge in [-0.25, -0.2) is 0 Å². The Hall–Kier alpha value is -1.10. The van der Waals surface area contributed by atoms with Crippen LogP contribution in [0.2, 0.25) is 5.02 Å². The first-order chi connectivity index (χ1) is 9.65. The molecule has 1 heterocycles. The second-order valence-electron chi connectivity index (χ2n) is 5.25. The summed E-state index contributed by atoms with van der Waals surface area (Å²) in [5.74, 6) is 0.259. The monoisotopic (exact) mass is 295 g/mol. The van der Waals surface area contributed by atoms with Gasteiger partial charge in [0.2, 0.25) is 5.91 Å². The number of halogens is 1. The van der Waals surface area contributed by atoms with Crippen LogP contribution in [0.5, 0.6) is 0 Å². The van der Waals surface area contributed by atoms with Crippen LogP contribution in [0.1, 0.15) is 12.0 Å². The summed E-state index contributed by atoms with van der Waals surface area (Å²) in [4.78, 5) is 16.2. The Kier molecular flexibility index (Phi) is 5.83. The fourth-order valence-electron chi connectivity index (χ4n) is 2.34. The summed E-state index contributed by atoms with van der Waals surface area (Å²) >= 11 is 5.87. The fraction of sp³-hybridized carbons (Fsp3) is 0.533. The lowest BCUT2D eigenvalue weighted by Gasteiger charge is -2.28. The summed E-state index contributed by atoms with van der Waals surface area (Å²) in [7, 11) is 2.04. The number of carbonyl (C=O) groups is 1.